The number of benzene rings is 1. The minimum absolute atomic E-state index is 0.0713. The highest BCUT2D eigenvalue weighted by Crippen LogP contribution is 2.37. The molecule has 24 heavy (non-hydrogen) atoms. The lowest BCUT2D eigenvalue weighted by Gasteiger charge is -2.23. The summed E-state index contributed by atoms with van der Waals surface area (Å²) in [4.78, 5) is 20.2. The van der Waals surface area contributed by atoms with Gasteiger partial charge in [-0.2, -0.15) is 4.99 Å². The molecule has 0 radical (unpaired) electrons. The molecule has 1 aliphatic rings. The fraction of sp³-hybridized carbons (Fsp3) is 0.368. The topological polar surface area (TPSA) is 69.3 Å². The molecule has 3 rings (SSSR count). The molecule has 5 heteroatoms. The monoisotopic (exact) mass is 324 g/mol. The van der Waals surface area contributed by atoms with Crippen LogP contribution in [0.5, 0.6) is 0 Å². The molecule has 126 valence electrons. The summed E-state index contributed by atoms with van der Waals surface area (Å²) in [5.74, 6) is 1.17. The Labute approximate surface area is 142 Å². The normalized spacial score (nSPS) is 15.9. The second kappa shape index (κ2) is 5.82. The lowest BCUT2D eigenvalue weighted by Crippen LogP contribution is -2.45. The third kappa shape index (κ3) is 2.70. The lowest BCUT2D eigenvalue weighted by atomic mass is 9.96. The first-order chi connectivity index (χ1) is 11.3. The highest BCUT2D eigenvalue weighted by molar-refractivity contribution is 6.10. The largest absolute Gasteiger partial charge is 0.339 e. The van der Waals surface area contributed by atoms with Crippen LogP contribution in [0.1, 0.15) is 45.7 Å². The molecule has 1 aromatic carbocycles. The van der Waals surface area contributed by atoms with Crippen molar-refractivity contribution >= 4 is 34.3 Å². The van der Waals surface area contributed by atoms with Gasteiger partial charge < -0.3 is 10.3 Å². The summed E-state index contributed by atoms with van der Waals surface area (Å²) in [6.45, 7) is 9.77. The van der Waals surface area contributed by atoms with Crippen LogP contribution in [0.3, 0.4) is 0 Å². The second-order valence-corrected chi connectivity index (χ2v) is 7.03. The number of nitrogens with zero attached hydrogens (tertiary/aromatic N) is 1. The van der Waals surface area contributed by atoms with Gasteiger partial charge in [0.1, 0.15) is 5.82 Å². The molecular weight excluding hydrogens is 300 g/mol. The maximum absolute atomic E-state index is 12.3. The van der Waals surface area contributed by atoms with Crippen LogP contribution in [-0.4, -0.2) is 16.9 Å². The van der Waals surface area contributed by atoms with Crippen molar-refractivity contribution in [2.45, 2.75) is 41.0 Å². The fourth-order valence-corrected chi connectivity index (χ4v) is 2.85. The minimum atomic E-state index is -0.476. The number of guanidine groups is 1. The summed E-state index contributed by atoms with van der Waals surface area (Å²) in [5.41, 5.74) is 3.89. The third-order valence-electron chi connectivity index (χ3n) is 4.22. The molecule has 0 saturated heterocycles. The van der Waals surface area contributed by atoms with E-state index in [9.17, 15) is 4.79 Å². The molecule has 2 aromatic rings. The highest BCUT2D eigenvalue weighted by Gasteiger charge is 2.26. The SMILES string of the molecule is CC=C1NC(NC(=O)C(C)(C)C)=Nc2[nH]c3cccc(CC)c3c21. The van der Waals surface area contributed by atoms with Crippen LogP contribution < -0.4 is 10.6 Å². The molecule has 1 amide bonds. The minimum Gasteiger partial charge on any atom is -0.339 e. The Kier molecular flexibility index (Phi) is 3.95. The van der Waals surface area contributed by atoms with Crippen molar-refractivity contribution < 1.29 is 4.79 Å². The molecule has 0 atom stereocenters. The third-order valence-corrected chi connectivity index (χ3v) is 4.22. The summed E-state index contributed by atoms with van der Waals surface area (Å²) in [5, 5.41) is 7.32. The van der Waals surface area contributed by atoms with Gasteiger partial charge in [-0.3, -0.25) is 10.1 Å². The van der Waals surface area contributed by atoms with Crippen LogP contribution in [0.25, 0.3) is 16.6 Å². The van der Waals surface area contributed by atoms with E-state index in [0.717, 1.165) is 29.0 Å². The maximum Gasteiger partial charge on any atom is 0.232 e. The average Bonchev–Trinajstić information content (AvgIpc) is 2.91. The number of hydrogen-bond donors (Lipinski definition) is 3. The van der Waals surface area contributed by atoms with Crippen molar-refractivity contribution in [3.8, 4) is 0 Å². The van der Waals surface area contributed by atoms with Crippen LogP contribution in [0, 0.1) is 5.41 Å². The number of carbonyl (C=O) groups is 1. The molecule has 2 heterocycles. The Balaban J connectivity index is 2.11. The Bertz CT molecular complexity index is 865. The van der Waals surface area contributed by atoms with E-state index in [4.69, 9.17) is 0 Å². The van der Waals surface area contributed by atoms with Gasteiger partial charge in [0.25, 0.3) is 0 Å². The summed E-state index contributed by atoms with van der Waals surface area (Å²) >= 11 is 0. The van der Waals surface area contributed by atoms with E-state index in [1.807, 2.05) is 33.8 Å². The number of hydrogen-bond acceptors (Lipinski definition) is 3. The van der Waals surface area contributed by atoms with E-state index < -0.39 is 5.41 Å². The van der Waals surface area contributed by atoms with E-state index >= 15 is 0 Å². The van der Waals surface area contributed by atoms with Crippen molar-refractivity contribution in [1.82, 2.24) is 15.6 Å². The quantitative estimate of drug-likeness (QED) is 0.746. The molecule has 0 fully saturated rings. The summed E-state index contributed by atoms with van der Waals surface area (Å²) < 4.78 is 0. The smallest absolute Gasteiger partial charge is 0.232 e. The van der Waals surface area contributed by atoms with Gasteiger partial charge in [-0.15, -0.1) is 0 Å². The van der Waals surface area contributed by atoms with E-state index in [-0.39, 0.29) is 5.91 Å². The number of amides is 1. The van der Waals surface area contributed by atoms with Crippen LogP contribution in [-0.2, 0) is 11.2 Å². The number of nitrogens with one attached hydrogen (secondary N) is 3. The lowest BCUT2D eigenvalue weighted by molar-refractivity contribution is -0.127. The summed E-state index contributed by atoms with van der Waals surface area (Å²) in [7, 11) is 0. The van der Waals surface area contributed by atoms with Crippen molar-refractivity contribution in [2.75, 3.05) is 0 Å². The van der Waals surface area contributed by atoms with Gasteiger partial charge in [0.05, 0.1) is 5.56 Å². The van der Waals surface area contributed by atoms with E-state index in [0.29, 0.717) is 5.96 Å². The Morgan fingerprint density at radius 3 is 2.71 bits per heavy atom. The standard InChI is InChI=1S/C19H24N4O/c1-6-11-9-8-10-13-14(11)15-12(7-2)21-18(22-16(15)20-13)23-17(24)19(3,4)5/h7-10,20H,6H2,1-5H3,(H2,21,22,23,24). The number of fused-ring (bicyclic) bond motifs is 3. The molecule has 5 nitrogen and oxygen atoms in total. The van der Waals surface area contributed by atoms with Gasteiger partial charge in [0.15, 0.2) is 0 Å². The predicted molar refractivity (Wildman–Crippen MR) is 99.2 cm³/mol. The van der Waals surface area contributed by atoms with Gasteiger partial charge in [-0.05, 0) is 25.0 Å². The van der Waals surface area contributed by atoms with Crippen LogP contribution in [0.15, 0.2) is 29.3 Å². The van der Waals surface area contributed by atoms with Crippen molar-refractivity contribution in [1.29, 1.82) is 0 Å². The van der Waals surface area contributed by atoms with Crippen LogP contribution in [0.4, 0.5) is 5.82 Å². The summed E-state index contributed by atoms with van der Waals surface area (Å²) in [6, 6.07) is 6.26. The van der Waals surface area contributed by atoms with Gasteiger partial charge in [-0.1, -0.05) is 45.9 Å². The zero-order valence-corrected chi connectivity index (χ0v) is 14.9. The van der Waals surface area contributed by atoms with Gasteiger partial charge in [0.2, 0.25) is 11.9 Å². The predicted octanol–water partition coefficient (Wildman–Crippen LogP) is 3.84. The molecule has 1 aromatic heterocycles. The number of aromatic nitrogens is 1. The molecule has 0 unspecified atom stereocenters. The number of allylic oxidation sites excluding steroid dienone is 1. The van der Waals surface area contributed by atoms with Crippen molar-refractivity contribution in [3.05, 3.63) is 35.4 Å². The molecular formula is C19H24N4O. The van der Waals surface area contributed by atoms with Crippen LogP contribution in [0.2, 0.25) is 0 Å². The number of aryl methyl sites for hydroxylation is 1. The van der Waals surface area contributed by atoms with E-state index in [2.05, 4.69) is 45.7 Å². The number of rotatable bonds is 1. The Hall–Kier alpha value is -2.56. The van der Waals surface area contributed by atoms with Gasteiger partial charge in [-0.25, -0.2) is 0 Å². The van der Waals surface area contributed by atoms with Crippen molar-refractivity contribution in [2.24, 2.45) is 10.4 Å². The fourth-order valence-electron chi connectivity index (χ4n) is 2.85. The second-order valence-electron chi connectivity index (χ2n) is 7.03. The van der Waals surface area contributed by atoms with Gasteiger partial charge in [0, 0.05) is 22.0 Å². The van der Waals surface area contributed by atoms with Crippen molar-refractivity contribution in [3.63, 3.8) is 0 Å². The van der Waals surface area contributed by atoms with Gasteiger partial charge >= 0.3 is 0 Å². The number of carbonyl (C=O) groups excluding carboxylic acids is 1. The average molecular weight is 324 g/mol. The molecule has 0 spiro atoms. The summed E-state index contributed by atoms with van der Waals surface area (Å²) in [6.07, 6.45) is 2.96. The molecule has 3 N–H and O–H groups in total. The van der Waals surface area contributed by atoms with Crippen LogP contribution >= 0.6 is 0 Å². The number of aliphatic imine (C=N–C) groups is 1. The zero-order chi connectivity index (χ0) is 17.5. The highest BCUT2D eigenvalue weighted by atomic mass is 16.2. The van der Waals surface area contributed by atoms with E-state index in [1.165, 1.54) is 10.9 Å². The Morgan fingerprint density at radius 1 is 1.33 bits per heavy atom. The molecule has 0 aliphatic carbocycles. The van der Waals surface area contributed by atoms with E-state index in [1.54, 1.807) is 0 Å². The molecule has 0 bridgehead atoms. The molecule has 1 aliphatic heterocycles. The zero-order valence-electron chi connectivity index (χ0n) is 14.9. The number of H-pyrrole nitrogens is 1. The Morgan fingerprint density at radius 2 is 2.08 bits per heavy atom. The molecule has 0 saturated carbocycles. The first-order valence-electron chi connectivity index (χ1n) is 8.32. The number of aromatic amines is 1. The first-order valence-corrected chi connectivity index (χ1v) is 8.32. The maximum atomic E-state index is 12.3. The first kappa shape index (κ1) is 16.3.